The molecule has 0 heterocycles. The van der Waals surface area contributed by atoms with Crippen LogP contribution in [0.2, 0.25) is 0 Å². The second-order valence-electron chi connectivity index (χ2n) is 2.40. The van der Waals surface area contributed by atoms with Crippen molar-refractivity contribution in [3.8, 4) is 0 Å². The minimum Gasteiger partial charge on any atom is -0.247 e. The summed E-state index contributed by atoms with van der Waals surface area (Å²) in [5.41, 5.74) is 0. The van der Waals surface area contributed by atoms with Crippen molar-refractivity contribution in [2.45, 2.75) is 31.4 Å². The average Bonchev–Trinajstić information content (AvgIpc) is 1.82. The lowest BCUT2D eigenvalue weighted by Crippen LogP contribution is -2.18. The van der Waals surface area contributed by atoms with Gasteiger partial charge in [-0.05, 0) is 0 Å². The lowest BCUT2D eigenvalue weighted by molar-refractivity contribution is -0.147. The molecule has 0 saturated heterocycles. The zero-order chi connectivity index (χ0) is 9.78. The molecule has 0 fully saturated rings. The molecule has 0 aromatic heterocycles. The largest absolute Gasteiger partial charge is 0.391 e. The van der Waals surface area contributed by atoms with Crippen molar-refractivity contribution in [1.29, 1.82) is 0 Å². The Morgan fingerprint density at radius 2 is 1.75 bits per heavy atom. The van der Waals surface area contributed by atoms with E-state index in [4.69, 9.17) is 0 Å². The minimum atomic E-state index is -4.57. The normalized spacial score (nSPS) is 17.1. The van der Waals surface area contributed by atoms with Crippen LogP contribution in [0.5, 0.6) is 0 Å². The van der Waals surface area contributed by atoms with E-state index < -0.39 is 31.4 Å². The second kappa shape index (κ2) is 4.42. The highest BCUT2D eigenvalue weighted by molar-refractivity contribution is 4.81. The Hall–Kier alpha value is -0.610. The topological polar surface area (TPSA) is 0 Å². The van der Waals surface area contributed by atoms with E-state index in [1.807, 2.05) is 0 Å². The van der Waals surface area contributed by atoms with Crippen LogP contribution in [0.1, 0.15) is 12.8 Å². The highest BCUT2D eigenvalue weighted by Crippen LogP contribution is 2.25. The first-order chi connectivity index (χ1) is 5.35. The first-order valence-electron chi connectivity index (χ1n) is 3.32. The van der Waals surface area contributed by atoms with Crippen molar-refractivity contribution in [2.75, 3.05) is 0 Å². The van der Waals surface area contributed by atoms with Gasteiger partial charge in [-0.15, -0.1) is 6.58 Å². The highest BCUT2D eigenvalue weighted by atomic mass is 19.4. The fourth-order valence-electron chi connectivity index (χ4n) is 0.675. The van der Waals surface area contributed by atoms with Crippen molar-refractivity contribution in [3.05, 3.63) is 12.7 Å². The summed E-state index contributed by atoms with van der Waals surface area (Å²) >= 11 is 0. The molecule has 2 atom stereocenters. The molecule has 0 aromatic rings. The lowest BCUT2D eigenvalue weighted by atomic mass is 10.1. The monoisotopic (exact) mass is 188 g/mol. The van der Waals surface area contributed by atoms with Crippen molar-refractivity contribution in [2.24, 2.45) is 0 Å². The third-order valence-corrected chi connectivity index (χ3v) is 1.19. The molecule has 0 bridgehead atoms. The van der Waals surface area contributed by atoms with Crippen LogP contribution in [0.3, 0.4) is 0 Å². The molecule has 2 unspecified atom stereocenters. The number of rotatable bonds is 4. The molecule has 0 rings (SSSR count). The second-order valence-corrected chi connectivity index (χ2v) is 2.40. The summed E-state index contributed by atoms with van der Waals surface area (Å²) < 4.78 is 59.0. The molecule has 0 saturated carbocycles. The van der Waals surface area contributed by atoms with Gasteiger partial charge in [0.2, 0.25) is 0 Å². The third kappa shape index (κ3) is 6.12. The first-order valence-corrected chi connectivity index (χ1v) is 3.32. The van der Waals surface area contributed by atoms with Gasteiger partial charge in [-0.3, -0.25) is 0 Å². The molecule has 0 N–H and O–H groups in total. The molecule has 0 amide bonds. The SMILES string of the molecule is C=CC(F)CC(F)CC(F)(F)F. The molecule has 5 heteroatoms. The maximum atomic E-state index is 12.3. The number of alkyl halides is 5. The van der Waals surface area contributed by atoms with Gasteiger partial charge in [-0.25, -0.2) is 8.78 Å². The fourth-order valence-corrected chi connectivity index (χ4v) is 0.675. The van der Waals surface area contributed by atoms with E-state index in [-0.39, 0.29) is 0 Å². The summed E-state index contributed by atoms with van der Waals surface area (Å²) in [6.07, 6.45) is -10.0. The maximum Gasteiger partial charge on any atom is 0.391 e. The predicted octanol–water partition coefficient (Wildman–Crippen LogP) is 3.19. The number of halogens is 5. The average molecular weight is 188 g/mol. The Labute approximate surface area is 67.1 Å². The number of allylic oxidation sites excluding steroid dienone is 1. The van der Waals surface area contributed by atoms with Gasteiger partial charge in [0.1, 0.15) is 12.3 Å². The number of hydrogen-bond acceptors (Lipinski definition) is 0. The number of hydrogen-bond donors (Lipinski definition) is 0. The van der Waals surface area contributed by atoms with Gasteiger partial charge >= 0.3 is 6.18 Å². The Morgan fingerprint density at radius 3 is 2.08 bits per heavy atom. The van der Waals surface area contributed by atoms with Gasteiger partial charge in [0.05, 0.1) is 6.42 Å². The molecule has 12 heavy (non-hydrogen) atoms. The fraction of sp³-hybridized carbons (Fsp3) is 0.714. The van der Waals surface area contributed by atoms with Crippen molar-refractivity contribution in [1.82, 2.24) is 0 Å². The molecule has 0 nitrogen and oxygen atoms in total. The van der Waals surface area contributed by atoms with Crippen LogP contribution < -0.4 is 0 Å². The van der Waals surface area contributed by atoms with Crippen molar-refractivity contribution < 1.29 is 22.0 Å². The molecule has 0 aliphatic rings. The molecule has 0 aliphatic heterocycles. The van der Waals surface area contributed by atoms with Gasteiger partial charge in [-0.1, -0.05) is 6.08 Å². The Kier molecular flexibility index (Phi) is 4.20. The van der Waals surface area contributed by atoms with Gasteiger partial charge in [0, 0.05) is 6.42 Å². The van der Waals surface area contributed by atoms with Gasteiger partial charge in [0.15, 0.2) is 0 Å². The maximum absolute atomic E-state index is 12.3. The smallest absolute Gasteiger partial charge is 0.247 e. The van der Waals surface area contributed by atoms with E-state index >= 15 is 0 Å². The Balaban J connectivity index is 3.74. The van der Waals surface area contributed by atoms with Crippen LogP contribution in [0, 0.1) is 0 Å². The van der Waals surface area contributed by atoms with Crippen LogP contribution in [-0.2, 0) is 0 Å². The molecular formula is C7H9F5. The Bertz CT molecular complexity index is 139. The summed E-state index contributed by atoms with van der Waals surface area (Å²) in [7, 11) is 0. The molecule has 72 valence electrons. The quantitative estimate of drug-likeness (QED) is 0.469. The van der Waals surface area contributed by atoms with E-state index in [0.29, 0.717) is 0 Å². The summed E-state index contributed by atoms with van der Waals surface area (Å²) in [5.74, 6) is 0. The zero-order valence-electron chi connectivity index (χ0n) is 6.24. The summed E-state index contributed by atoms with van der Waals surface area (Å²) in [5, 5.41) is 0. The third-order valence-electron chi connectivity index (χ3n) is 1.19. The van der Waals surface area contributed by atoms with Crippen LogP contribution in [0.25, 0.3) is 0 Å². The minimum absolute atomic E-state index is 0.775. The summed E-state index contributed by atoms with van der Waals surface area (Å²) in [4.78, 5) is 0. The molecule has 0 spiro atoms. The molecular weight excluding hydrogens is 179 g/mol. The van der Waals surface area contributed by atoms with Crippen LogP contribution in [-0.4, -0.2) is 18.5 Å². The first kappa shape index (κ1) is 11.4. The zero-order valence-corrected chi connectivity index (χ0v) is 6.24. The summed E-state index contributed by atoms with van der Waals surface area (Å²) in [6, 6.07) is 0. The van der Waals surface area contributed by atoms with E-state index in [9.17, 15) is 22.0 Å². The van der Waals surface area contributed by atoms with E-state index in [2.05, 4.69) is 6.58 Å². The van der Waals surface area contributed by atoms with E-state index in [1.54, 1.807) is 0 Å². The van der Waals surface area contributed by atoms with Gasteiger partial charge < -0.3 is 0 Å². The predicted molar refractivity (Wildman–Crippen MR) is 35.3 cm³/mol. The molecule has 0 aromatic carbocycles. The molecule has 0 radical (unpaired) electrons. The highest BCUT2D eigenvalue weighted by Gasteiger charge is 2.32. The van der Waals surface area contributed by atoms with Gasteiger partial charge in [0.25, 0.3) is 0 Å². The van der Waals surface area contributed by atoms with Crippen LogP contribution in [0.4, 0.5) is 22.0 Å². The standard InChI is InChI=1S/C7H9F5/c1-2-5(8)3-6(9)4-7(10,11)12/h2,5-6H,1,3-4H2. The molecule has 0 aliphatic carbocycles. The van der Waals surface area contributed by atoms with E-state index in [1.165, 1.54) is 0 Å². The van der Waals surface area contributed by atoms with Crippen LogP contribution in [0.15, 0.2) is 12.7 Å². The van der Waals surface area contributed by atoms with Crippen molar-refractivity contribution >= 4 is 0 Å². The van der Waals surface area contributed by atoms with E-state index in [0.717, 1.165) is 6.08 Å². The van der Waals surface area contributed by atoms with Crippen LogP contribution >= 0.6 is 0 Å². The van der Waals surface area contributed by atoms with Gasteiger partial charge in [-0.2, -0.15) is 13.2 Å². The summed E-state index contributed by atoms with van der Waals surface area (Å²) in [6.45, 7) is 2.99. The Morgan fingerprint density at radius 1 is 1.25 bits per heavy atom. The lowest BCUT2D eigenvalue weighted by Gasteiger charge is -2.11. The van der Waals surface area contributed by atoms with Crippen molar-refractivity contribution in [3.63, 3.8) is 0 Å².